The number of likely N-dealkylation sites (N-methyl/N-ethyl adjacent to an activating group) is 1. The number of hydrogen-bond acceptors (Lipinski definition) is 4. The van der Waals surface area contributed by atoms with Crippen molar-refractivity contribution in [2.45, 2.75) is 20.0 Å². The summed E-state index contributed by atoms with van der Waals surface area (Å²) in [4.78, 5) is 1.98. The highest BCUT2D eigenvalue weighted by atomic mass is 35.5. The molecule has 0 aliphatic rings. The molecule has 0 atom stereocenters. The highest BCUT2D eigenvalue weighted by Gasteiger charge is 2.12. The molecule has 5 nitrogen and oxygen atoms in total. The van der Waals surface area contributed by atoms with Gasteiger partial charge >= 0.3 is 0 Å². The molecule has 1 rings (SSSR count). The van der Waals surface area contributed by atoms with Gasteiger partial charge in [0.2, 0.25) is 0 Å². The van der Waals surface area contributed by atoms with Gasteiger partial charge in [-0.2, -0.15) is 0 Å². The molecule has 0 unspecified atom stereocenters. The van der Waals surface area contributed by atoms with Crippen molar-refractivity contribution in [2.24, 2.45) is 10.9 Å². The van der Waals surface area contributed by atoms with Crippen LogP contribution < -0.4 is 10.6 Å². The molecule has 0 aromatic heterocycles. The van der Waals surface area contributed by atoms with E-state index in [0.29, 0.717) is 23.7 Å². The van der Waals surface area contributed by atoms with Crippen LogP contribution >= 0.6 is 11.6 Å². The van der Waals surface area contributed by atoms with Crippen molar-refractivity contribution >= 4 is 23.1 Å². The second-order valence-electron chi connectivity index (χ2n) is 4.49. The van der Waals surface area contributed by atoms with Crippen molar-refractivity contribution in [1.29, 1.82) is 0 Å². The highest BCUT2D eigenvalue weighted by Crippen LogP contribution is 2.23. The predicted molar refractivity (Wildman–Crippen MR) is 78.3 cm³/mol. The Balaban J connectivity index is 2.87. The summed E-state index contributed by atoms with van der Waals surface area (Å²) in [5.41, 5.74) is 7.10. The van der Waals surface area contributed by atoms with Crippen molar-refractivity contribution in [1.82, 2.24) is 0 Å². The van der Waals surface area contributed by atoms with Crippen molar-refractivity contribution in [3.8, 4) is 0 Å². The standard InChI is InChI=1S/C13H20ClN3O2/c1-9(2)19-7-6-17(3)12-5-4-10(14)8-11(12)13(15)16-18/h4-5,8-9,18H,6-7H2,1-3H3,(H2,15,16). The zero-order valence-corrected chi connectivity index (χ0v) is 12.2. The van der Waals surface area contributed by atoms with Crippen LogP contribution in [0.2, 0.25) is 5.02 Å². The Kier molecular flexibility index (Phi) is 5.92. The quantitative estimate of drug-likeness (QED) is 0.364. The summed E-state index contributed by atoms with van der Waals surface area (Å²) in [5.74, 6) is 0.0362. The Hall–Kier alpha value is -1.46. The number of hydrogen-bond donors (Lipinski definition) is 2. The maximum atomic E-state index is 8.81. The average Bonchev–Trinajstić information content (AvgIpc) is 2.37. The molecule has 0 fully saturated rings. The lowest BCUT2D eigenvalue weighted by Crippen LogP contribution is -2.27. The Morgan fingerprint density at radius 3 is 2.79 bits per heavy atom. The monoisotopic (exact) mass is 285 g/mol. The number of halogens is 1. The van der Waals surface area contributed by atoms with Crippen LogP contribution in [0.5, 0.6) is 0 Å². The van der Waals surface area contributed by atoms with Crippen molar-refractivity contribution < 1.29 is 9.94 Å². The minimum atomic E-state index is 0.0362. The van der Waals surface area contributed by atoms with E-state index in [-0.39, 0.29) is 11.9 Å². The van der Waals surface area contributed by atoms with Crippen molar-refractivity contribution in [3.05, 3.63) is 28.8 Å². The summed E-state index contributed by atoms with van der Waals surface area (Å²) >= 11 is 5.93. The van der Waals surface area contributed by atoms with E-state index in [2.05, 4.69) is 5.16 Å². The first-order chi connectivity index (χ1) is 8.95. The Morgan fingerprint density at radius 2 is 2.21 bits per heavy atom. The van der Waals surface area contributed by atoms with E-state index in [1.54, 1.807) is 12.1 Å². The van der Waals surface area contributed by atoms with E-state index in [9.17, 15) is 0 Å². The Labute approximate surface area is 118 Å². The Bertz CT molecular complexity index is 450. The van der Waals surface area contributed by atoms with E-state index >= 15 is 0 Å². The normalized spacial score (nSPS) is 11.9. The third-order valence-electron chi connectivity index (χ3n) is 2.63. The van der Waals surface area contributed by atoms with Gasteiger partial charge in [0, 0.05) is 29.9 Å². The molecule has 0 heterocycles. The maximum Gasteiger partial charge on any atom is 0.172 e. The fraction of sp³-hybridized carbons (Fsp3) is 0.462. The zero-order chi connectivity index (χ0) is 14.4. The van der Waals surface area contributed by atoms with Crippen LogP contribution in [0.1, 0.15) is 19.4 Å². The molecule has 0 saturated heterocycles. The van der Waals surface area contributed by atoms with Gasteiger partial charge in [-0.3, -0.25) is 0 Å². The summed E-state index contributed by atoms with van der Waals surface area (Å²) in [6.45, 7) is 5.28. The second-order valence-corrected chi connectivity index (χ2v) is 4.92. The summed E-state index contributed by atoms with van der Waals surface area (Å²) in [6, 6.07) is 5.28. The van der Waals surface area contributed by atoms with Gasteiger partial charge in [-0.05, 0) is 32.0 Å². The summed E-state index contributed by atoms with van der Waals surface area (Å²) in [7, 11) is 1.92. The van der Waals surface area contributed by atoms with Gasteiger partial charge in [-0.25, -0.2) is 0 Å². The lowest BCUT2D eigenvalue weighted by Gasteiger charge is -2.22. The molecule has 0 spiro atoms. The molecule has 0 aliphatic carbocycles. The van der Waals surface area contributed by atoms with Gasteiger partial charge in [0.05, 0.1) is 12.7 Å². The van der Waals surface area contributed by atoms with Crippen LogP contribution in [0.4, 0.5) is 5.69 Å². The van der Waals surface area contributed by atoms with Gasteiger partial charge in [0.1, 0.15) is 0 Å². The molecule has 0 amide bonds. The van der Waals surface area contributed by atoms with Gasteiger partial charge in [0.15, 0.2) is 5.84 Å². The van der Waals surface area contributed by atoms with E-state index in [4.69, 9.17) is 27.3 Å². The highest BCUT2D eigenvalue weighted by molar-refractivity contribution is 6.31. The smallest absolute Gasteiger partial charge is 0.172 e. The lowest BCUT2D eigenvalue weighted by molar-refractivity contribution is 0.0846. The number of nitrogens with zero attached hydrogens (tertiary/aromatic N) is 2. The minimum Gasteiger partial charge on any atom is -0.409 e. The molecular weight excluding hydrogens is 266 g/mol. The topological polar surface area (TPSA) is 71.1 Å². The molecule has 6 heteroatoms. The van der Waals surface area contributed by atoms with Gasteiger partial charge < -0.3 is 20.6 Å². The van der Waals surface area contributed by atoms with Gasteiger partial charge in [0.25, 0.3) is 0 Å². The van der Waals surface area contributed by atoms with Crippen LogP contribution in [0.15, 0.2) is 23.4 Å². The largest absolute Gasteiger partial charge is 0.409 e. The first kappa shape index (κ1) is 15.6. The molecule has 1 aromatic carbocycles. The molecule has 0 radical (unpaired) electrons. The number of amidine groups is 1. The SMILES string of the molecule is CC(C)OCCN(C)c1ccc(Cl)cc1/C(N)=N/O. The first-order valence-electron chi connectivity index (χ1n) is 6.06. The average molecular weight is 286 g/mol. The number of benzene rings is 1. The molecule has 0 bridgehead atoms. The lowest BCUT2D eigenvalue weighted by atomic mass is 10.1. The Morgan fingerprint density at radius 1 is 1.53 bits per heavy atom. The third kappa shape index (κ3) is 4.61. The number of anilines is 1. The summed E-state index contributed by atoms with van der Waals surface area (Å²) in [6.07, 6.45) is 0.196. The van der Waals surface area contributed by atoms with Gasteiger partial charge in [-0.15, -0.1) is 0 Å². The molecule has 0 saturated carbocycles. The zero-order valence-electron chi connectivity index (χ0n) is 11.4. The number of ether oxygens (including phenoxy) is 1. The van der Waals surface area contributed by atoms with E-state index < -0.39 is 0 Å². The number of nitrogens with two attached hydrogens (primary N) is 1. The van der Waals surface area contributed by atoms with E-state index in [0.717, 1.165) is 5.69 Å². The van der Waals surface area contributed by atoms with Gasteiger partial charge in [-0.1, -0.05) is 16.8 Å². The molecule has 19 heavy (non-hydrogen) atoms. The van der Waals surface area contributed by atoms with Crippen molar-refractivity contribution in [2.75, 3.05) is 25.1 Å². The van der Waals surface area contributed by atoms with Crippen LogP contribution in [-0.4, -0.2) is 37.3 Å². The molecular formula is C13H20ClN3O2. The van der Waals surface area contributed by atoms with Crippen LogP contribution in [0.3, 0.4) is 0 Å². The number of rotatable bonds is 6. The fourth-order valence-electron chi connectivity index (χ4n) is 1.65. The molecule has 3 N–H and O–H groups in total. The maximum absolute atomic E-state index is 8.81. The van der Waals surface area contributed by atoms with E-state index in [1.165, 1.54) is 0 Å². The molecule has 1 aromatic rings. The fourth-order valence-corrected chi connectivity index (χ4v) is 1.82. The summed E-state index contributed by atoms with van der Waals surface area (Å²) < 4.78 is 5.51. The van der Waals surface area contributed by atoms with Crippen LogP contribution in [0, 0.1) is 0 Å². The van der Waals surface area contributed by atoms with Crippen LogP contribution in [-0.2, 0) is 4.74 Å². The van der Waals surface area contributed by atoms with E-state index in [1.807, 2.05) is 31.9 Å². The molecule has 106 valence electrons. The number of oxime groups is 1. The summed E-state index contributed by atoms with van der Waals surface area (Å²) in [5, 5.41) is 12.4. The minimum absolute atomic E-state index is 0.0362. The predicted octanol–water partition coefficient (Wildman–Crippen LogP) is 2.30. The van der Waals surface area contributed by atoms with Crippen LogP contribution in [0.25, 0.3) is 0 Å². The molecule has 0 aliphatic heterocycles. The third-order valence-corrected chi connectivity index (χ3v) is 2.87. The van der Waals surface area contributed by atoms with Crippen molar-refractivity contribution in [3.63, 3.8) is 0 Å². The second kappa shape index (κ2) is 7.21. The first-order valence-corrected chi connectivity index (χ1v) is 6.43.